The summed E-state index contributed by atoms with van der Waals surface area (Å²) in [6.45, 7) is 4.28. The molecule has 0 aliphatic heterocycles. The van der Waals surface area contributed by atoms with E-state index in [1.807, 2.05) is 14.1 Å². The smallest absolute Gasteiger partial charge is 0.341 e. The maximum atomic E-state index is 12.2. The molecule has 0 bridgehead atoms. The second kappa shape index (κ2) is 9.90. The SMILES string of the molecule is CCc1ccc(C(CNC(=O)C=Cc2cc(C(=O)OC)c(C)o2)N(C)C)cc1. The number of furan rings is 1. The molecule has 0 saturated heterocycles. The Kier molecular flexibility index (Phi) is 7.58. The molecule has 1 unspecified atom stereocenters. The van der Waals surface area contributed by atoms with Gasteiger partial charge in [0.2, 0.25) is 5.91 Å². The van der Waals surface area contributed by atoms with Gasteiger partial charge in [-0.1, -0.05) is 31.2 Å². The molecule has 6 nitrogen and oxygen atoms in total. The fourth-order valence-corrected chi connectivity index (χ4v) is 2.89. The van der Waals surface area contributed by atoms with Gasteiger partial charge < -0.3 is 19.4 Å². The van der Waals surface area contributed by atoms with Gasteiger partial charge in [0.25, 0.3) is 0 Å². The number of hydrogen-bond donors (Lipinski definition) is 1. The summed E-state index contributed by atoms with van der Waals surface area (Å²) >= 11 is 0. The second-order valence-electron chi connectivity index (χ2n) is 6.76. The molecular formula is C22H28N2O4. The number of likely N-dealkylation sites (N-methyl/N-ethyl adjacent to an activating group) is 1. The van der Waals surface area contributed by atoms with Crippen LogP contribution in [0.4, 0.5) is 0 Å². The topological polar surface area (TPSA) is 71.8 Å². The molecule has 0 saturated carbocycles. The largest absolute Gasteiger partial charge is 0.465 e. The zero-order valence-electron chi connectivity index (χ0n) is 17.1. The van der Waals surface area contributed by atoms with Crippen molar-refractivity contribution in [2.75, 3.05) is 27.7 Å². The van der Waals surface area contributed by atoms with E-state index in [0.717, 1.165) is 12.0 Å². The zero-order chi connectivity index (χ0) is 20.7. The first-order valence-corrected chi connectivity index (χ1v) is 9.25. The van der Waals surface area contributed by atoms with Crippen molar-refractivity contribution in [1.82, 2.24) is 10.2 Å². The summed E-state index contributed by atoms with van der Waals surface area (Å²) in [4.78, 5) is 25.9. The molecule has 6 heteroatoms. The quantitative estimate of drug-likeness (QED) is 0.558. The first-order chi connectivity index (χ1) is 13.3. The van der Waals surface area contributed by atoms with E-state index in [2.05, 4.69) is 41.4 Å². The highest BCUT2D eigenvalue weighted by molar-refractivity contribution is 5.93. The molecule has 28 heavy (non-hydrogen) atoms. The lowest BCUT2D eigenvalue weighted by Crippen LogP contribution is -2.33. The van der Waals surface area contributed by atoms with Gasteiger partial charge in [-0.15, -0.1) is 0 Å². The van der Waals surface area contributed by atoms with Crippen LogP contribution in [0.15, 0.2) is 40.8 Å². The van der Waals surface area contributed by atoms with E-state index in [1.165, 1.54) is 24.8 Å². The van der Waals surface area contributed by atoms with Gasteiger partial charge in [0, 0.05) is 12.6 Å². The fourth-order valence-electron chi connectivity index (χ4n) is 2.89. The van der Waals surface area contributed by atoms with Crippen molar-refractivity contribution in [2.24, 2.45) is 0 Å². The summed E-state index contributed by atoms with van der Waals surface area (Å²) in [5.41, 5.74) is 2.79. The van der Waals surface area contributed by atoms with Crippen LogP contribution in [0.3, 0.4) is 0 Å². The molecule has 1 amide bonds. The lowest BCUT2D eigenvalue weighted by atomic mass is 10.0. The summed E-state index contributed by atoms with van der Waals surface area (Å²) in [5, 5.41) is 2.92. The van der Waals surface area contributed by atoms with Gasteiger partial charge in [0.15, 0.2) is 0 Å². The van der Waals surface area contributed by atoms with E-state index in [0.29, 0.717) is 23.6 Å². The lowest BCUT2D eigenvalue weighted by Gasteiger charge is -2.25. The highest BCUT2D eigenvalue weighted by Crippen LogP contribution is 2.19. The van der Waals surface area contributed by atoms with Crippen LogP contribution < -0.4 is 5.32 Å². The minimum absolute atomic E-state index is 0.0695. The van der Waals surface area contributed by atoms with E-state index < -0.39 is 5.97 Å². The van der Waals surface area contributed by atoms with Crippen molar-refractivity contribution in [1.29, 1.82) is 0 Å². The summed E-state index contributed by atoms with van der Waals surface area (Å²) < 4.78 is 10.2. The van der Waals surface area contributed by atoms with Gasteiger partial charge in [-0.05, 0) is 50.7 Å². The molecule has 150 valence electrons. The number of ether oxygens (including phenoxy) is 1. The highest BCUT2D eigenvalue weighted by Gasteiger charge is 2.16. The van der Waals surface area contributed by atoms with E-state index in [-0.39, 0.29) is 11.9 Å². The van der Waals surface area contributed by atoms with Gasteiger partial charge in [0.05, 0.1) is 13.2 Å². The van der Waals surface area contributed by atoms with Crippen LogP contribution in [-0.2, 0) is 16.0 Å². The van der Waals surface area contributed by atoms with Gasteiger partial charge >= 0.3 is 5.97 Å². The number of amides is 1. The van der Waals surface area contributed by atoms with E-state index in [9.17, 15) is 9.59 Å². The Morgan fingerprint density at radius 3 is 2.50 bits per heavy atom. The van der Waals surface area contributed by atoms with Crippen molar-refractivity contribution in [3.05, 3.63) is 64.6 Å². The van der Waals surface area contributed by atoms with Crippen LogP contribution >= 0.6 is 0 Å². The number of rotatable bonds is 8. The van der Waals surface area contributed by atoms with Crippen molar-refractivity contribution in [3.63, 3.8) is 0 Å². The number of nitrogens with one attached hydrogen (secondary N) is 1. The number of carbonyl (C=O) groups is 2. The van der Waals surface area contributed by atoms with Crippen molar-refractivity contribution >= 4 is 18.0 Å². The first kappa shape index (κ1) is 21.4. The number of methoxy groups -OCH3 is 1. The number of carbonyl (C=O) groups excluding carboxylic acids is 2. The third-order valence-electron chi connectivity index (χ3n) is 4.61. The third kappa shape index (κ3) is 5.57. The molecule has 0 radical (unpaired) electrons. The molecule has 1 aromatic carbocycles. The minimum atomic E-state index is -0.465. The lowest BCUT2D eigenvalue weighted by molar-refractivity contribution is -0.116. The van der Waals surface area contributed by atoms with Crippen LogP contribution in [0, 0.1) is 6.92 Å². The Hall–Kier alpha value is -2.86. The summed E-state index contributed by atoms with van der Waals surface area (Å²) in [6, 6.07) is 10.1. The van der Waals surface area contributed by atoms with Gasteiger partial charge in [0.1, 0.15) is 17.1 Å². The average Bonchev–Trinajstić information content (AvgIpc) is 3.06. The second-order valence-corrected chi connectivity index (χ2v) is 6.76. The van der Waals surface area contributed by atoms with E-state index in [4.69, 9.17) is 9.15 Å². The molecule has 0 aliphatic carbocycles. The van der Waals surface area contributed by atoms with E-state index >= 15 is 0 Å². The van der Waals surface area contributed by atoms with Crippen molar-refractivity contribution in [2.45, 2.75) is 26.3 Å². The molecule has 0 spiro atoms. The number of benzene rings is 1. The molecule has 1 atom stereocenters. The first-order valence-electron chi connectivity index (χ1n) is 9.25. The summed E-state index contributed by atoms with van der Waals surface area (Å²) in [5.74, 6) is 0.182. The van der Waals surface area contributed by atoms with Crippen molar-refractivity contribution in [3.8, 4) is 0 Å². The van der Waals surface area contributed by atoms with Crippen LogP contribution in [-0.4, -0.2) is 44.5 Å². The molecule has 2 aromatic rings. The molecule has 0 aliphatic rings. The molecular weight excluding hydrogens is 356 g/mol. The third-order valence-corrected chi connectivity index (χ3v) is 4.61. The fraction of sp³-hybridized carbons (Fsp3) is 0.364. The standard InChI is InChI=1S/C22H28N2O4/c1-6-16-7-9-17(10-8-16)20(24(3)4)14-23-21(25)12-11-18-13-19(15(2)28-18)22(26)27-5/h7-13,20H,6,14H2,1-5H3,(H,23,25). The van der Waals surface area contributed by atoms with Crippen LogP contribution in [0.25, 0.3) is 6.08 Å². The molecule has 2 rings (SSSR count). The number of esters is 1. The minimum Gasteiger partial charge on any atom is -0.465 e. The van der Waals surface area contributed by atoms with Crippen LogP contribution in [0.5, 0.6) is 0 Å². The number of hydrogen-bond acceptors (Lipinski definition) is 5. The number of nitrogens with zero attached hydrogens (tertiary/aromatic N) is 1. The van der Waals surface area contributed by atoms with Crippen LogP contribution in [0.1, 0.15) is 46.0 Å². The molecule has 1 N–H and O–H groups in total. The van der Waals surface area contributed by atoms with Crippen LogP contribution in [0.2, 0.25) is 0 Å². The summed E-state index contributed by atoms with van der Waals surface area (Å²) in [6.07, 6.45) is 3.93. The average molecular weight is 384 g/mol. The Morgan fingerprint density at radius 2 is 1.93 bits per heavy atom. The predicted molar refractivity (Wildman–Crippen MR) is 109 cm³/mol. The van der Waals surface area contributed by atoms with E-state index in [1.54, 1.807) is 13.0 Å². The Balaban J connectivity index is 1.99. The summed E-state index contributed by atoms with van der Waals surface area (Å²) in [7, 11) is 5.29. The van der Waals surface area contributed by atoms with Crippen molar-refractivity contribution < 1.29 is 18.7 Å². The number of aryl methyl sites for hydroxylation is 2. The molecule has 0 fully saturated rings. The van der Waals surface area contributed by atoms with Gasteiger partial charge in [-0.2, -0.15) is 0 Å². The monoisotopic (exact) mass is 384 g/mol. The van der Waals surface area contributed by atoms with Gasteiger partial charge in [-0.25, -0.2) is 4.79 Å². The Bertz CT molecular complexity index is 835. The zero-order valence-corrected chi connectivity index (χ0v) is 17.1. The Morgan fingerprint density at radius 1 is 1.25 bits per heavy atom. The predicted octanol–water partition coefficient (Wildman–Crippen LogP) is 3.37. The van der Waals surface area contributed by atoms with Gasteiger partial charge in [-0.3, -0.25) is 4.79 Å². The maximum Gasteiger partial charge on any atom is 0.341 e. The molecule has 1 aromatic heterocycles. The highest BCUT2D eigenvalue weighted by atomic mass is 16.5. The molecule has 1 heterocycles. The Labute approximate surface area is 166 Å². The maximum absolute atomic E-state index is 12.2. The normalized spacial score (nSPS) is 12.4.